The summed E-state index contributed by atoms with van der Waals surface area (Å²) in [6.45, 7) is 1.75. The van der Waals surface area contributed by atoms with Crippen LogP contribution >= 0.6 is 0 Å². The molecule has 2 N–H and O–H groups in total. The number of anilines is 1. The molecule has 1 heterocycles. The standard InChI is InChI=1S/C19H15F3N4O/c1-12-23-18(26-25-12)14-8-5-9-15(10-14)24-17(27)11-16(19(20,21)22)13-6-3-2-4-7-13/h2-11H,1H3,(H,24,27)(H,23,25,26)/b16-11-. The minimum absolute atomic E-state index is 0.0786. The Balaban J connectivity index is 1.85. The second kappa shape index (κ2) is 7.45. The zero-order valence-corrected chi connectivity index (χ0v) is 14.2. The minimum atomic E-state index is -4.66. The summed E-state index contributed by atoms with van der Waals surface area (Å²) in [4.78, 5) is 16.4. The summed E-state index contributed by atoms with van der Waals surface area (Å²) >= 11 is 0. The molecule has 0 atom stereocenters. The Labute approximate surface area is 153 Å². The SMILES string of the molecule is Cc1nc(-c2cccc(NC(=O)/C=C(/c3ccccc3)C(F)(F)F)c2)n[nH]1. The number of H-pyrrole nitrogens is 1. The number of aromatic nitrogens is 3. The van der Waals surface area contributed by atoms with Crippen molar-refractivity contribution in [3.05, 3.63) is 72.1 Å². The van der Waals surface area contributed by atoms with Crippen LogP contribution in [-0.2, 0) is 4.79 Å². The van der Waals surface area contributed by atoms with Gasteiger partial charge in [0.15, 0.2) is 5.82 Å². The van der Waals surface area contributed by atoms with Crippen molar-refractivity contribution in [2.75, 3.05) is 5.32 Å². The maximum absolute atomic E-state index is 13.3. The van der Waals surface area contributed by atoms with E-state index in [2.05, 4.69) is 20.5 Å². The number of aryl methyl sites for hydroxylation is 1. The second-order valence-electron chi connectivity index (χ2n) is 5.74. The van der Waals surface area contributed by atoms with Crippen molar-refractivity contribution in [3.8, 4) is 11.4 Å². The van der Waals surface area contributed by atoms with Crippen molar-refractivity contribution in [3.63, 3.8) is 0 Å². The Morgan fingerprint density at radius 3 is 2.48 bits per heavy atom. The van der Waals surface area contributed by atoms with Gasteiger partial charge < -0.3 is 5.32 Å². The van der Waals surface area contributed by atoms with Gasteiger partial charge in [0.2, 0.25) is 5.91 Å². The van der Waals surface area contributed by atoms with Gasteiger partial charge in [-0.1, -0.05) is 42.5 Å². The third-order valence-electron chi connectivity index (χ3n) is 3.65. The van der Waals surface area contributed by atoms with Crippen LogP contribution in [0.5, 0.6) is 0 Å². The summed E-state index contributed by atoms with van der Waals surface area (Å²) in [6, 6.07) is 13.7. The lowest BCUT2D eigenvalue weighted by Crippen LogP contribution is -2.16. The molecule has 5 nitrogen and oxygen atoms in total. The van der Waals surface area contributed by atoms with Crippen LogP contribution < -0.4 is 5.32 Å². The molecule has 0 fully saturated rings. The van der Waals surface area contributed by atoms with Gasteiger partial charge >= 0.3 is 6.18 Å². The van der Waals surface area contributed by atoms with Crippen molar-refractivity contribution in [2.45, 2.75) is 13.1 Å². The van der Waals surface area contributed by atoms with Crippen molar-refractivity contribution in [1.82, 2.24) is 15.2 Å². The second-order valence-corrected chi connectivity index (χ2v) is 5.74. The van der Waals surface area contributed by atoms with Gasteiger partial charge in [-0.15, -0.1) is 0 Å². The van der Waals surface area contributed by atoms with Crippen LogP contribution in [0.2, 0.25) is 0 Å². The number of benzene rings is 2. The van der Waals surface area contributed by atoms with Crippen molar-refractivity contribution in [2.24, 2.45) is 0 Å². The molecule has 3 rings (SSSR count). The molecule has 0 unspecified atom stereocenters. The number of hydrogen-bond acceptors (Lipinski definition) is 3. The Morgan fingerprint density at radius 2 is 1.85 bits per heavy atom. The van der Waals surface area contributed by atoms with Crippen molar-refractivity contribution in [1.29, 1.82) is 0 Å². The van der Waals surface area contributed by atoms with Crippen molar-refractivity contribution < 1.29 is 18.0 Å². The number of alkyl halides is 3. The van der Waals surface area contributed by atoms with Gasteiger partial charge in [-0.05, 0) is 24.6 Å². The Bertz CT molecular complexity index is 978. The Kier molecular flexibility index (Phi) is 5.07. The van der Waals surface area contributed by atoms with E-state index in [0.717, 1.165) is 0 Å². The van der Waals surface area contributed by atoms with Crippen LogP contribution in [0, 0.1) is 6.92 Å². The van der Waals surface area contributed by atoms with Gasteiger partial charge in [-0.25, -0.2) is 4.98 Å². The van der Waals surface area contributed by atoms with Crippen LogP contribution in [0.4, 0.5) is 18.9 Å². The molecule has 3 aromatic rings. The van der Waals surface area contributed by atoms with E-state index < -0.39 is 17.7 Å². The van der Waals surface area contributed by atoms with Gasteiger partial charge in [0.1, 0.15) is 5.82 Å². The number of nitrogens with zero attached hydrogens (tertiary/aromatic N) is 2. The molecule has 0 saturated heterocycles. The highest BCUT2D eigenvalue weighted by Gasteiger charge is 2.35. The first kappa shape index (κ1) is 18.4. The highest BCUT2D eigenvalue weighted by Crippen LogP contribution is 2.33. The number of amides is 1. The first-order chi connectivity index (χ1) is 12.8. The molecule has 1 amide bonds. The lowest BCUT2D eigenvalue weighted by atomic mass is 10.1. The fourth-order valence-electron chi connectivity index (χ4n) is 2.46. The molecule has 0 bridgehead atoms. The predicted octanol–water partition coefficient (Wildman–Crippen LogP) is 4.36. The molecule has 2 aromatic carbocycles. The van der Waals surface area contributed by atoms with E-state index in [1.54, 1.807) is 37.3 Å². The first-order valence-corrected chi connectivity index (χ1v) is 7.97. The fraction of sp³-hybridized carbons (Fsp3) is 0.105. The average molecular weight is 372 g/mol. The highest BCUT2D eigenvalue weighted by atomic mass is 19.4. The van der Waals surface area contributed by atoms with Gasteiger partial charge in [-0.2, -0.15) is 18.3 Å². The van der Waals surface area contributed by atoms with E-state index in [-0.39, 0.29) is 5.56 Å². The summed E-state index contributed by atoms with van der Waals surface area (Å²) in [7, 11) is 0. The molecule has 0 aliphatic rings. The van der Waals surface area contributed by atoms with Crippen LogP contribution in [0.25, 0.3) is 17.0 Å². The molecule has 138 valence electrons. The highest BCUT2D eigenvalue weighted by molar-refractivity contribution is 6.04. The minimum Gasteiger partial charge on any atom is -0.322 e. The predicted molar refractivity (Wildman–Crippen MR) is 95.7 cm³/mol. The number of nitrogens with one attached hydrogen (secondary N) is 2. The lowest BCUT2D eigenvalue weighted by molar-refractivity contribution is -0.112. The number of carbonyl (C=O) groups is 1. The zero-order chi connectivity index (χ0) is 19.4. The molecule has 27 heavy (non-hydrogen) atoms. The maximum Gasteiger partial charge on any atom is 0.417 e. The van der Waals surface area contributed by atoms with Crippen molar-refractivity contribution >= 4 is 17.2 Å². The van der Waals surface area contributed by atoms with Crippen LogP contribution in [0.3, 0.4) is 0 Å². The molecule has 0 saturated carbocycles. The Morgan fingerprint density at radius 1 is 1.11 bits per heavy atom. The van der Waals surface area contributed by atoms with E-state index in [1.165, 1.54) is 24.3 Å². The number of hydrogen-bond donors (Lipinski definition) is 2. The van der Waals surface area contributed by atoms with Gasteiger partial charge in [0, 0.05) is 17.3 Å². The summed E-state index contributed by atoms with van der Waals surface area (Å²) in [5.74, 6) is 0.175. The number of rotatable bonds is 4. The van der Waals surface area contributed by atoms with Crippen LogP contribution in [-0.4, -0.2) is 27.3 Å². The fourth-order valence-corrected chi connectivity index (χ4v) is 2.46. The molecular weight excluding hydrogens is 357 g/mol. The van der Waals surface area contributed by atoms with Crippen LogP contribution in [0.15, 0.2) is 60.7 Å². The summed E-state index contributed by atoms with van der Waals surface area (Å²) < 4.78 is 40.0. The molecular formula is C19H15F3N4O. The number of carbonyl (C=O) groups excluding carboxylic acids is 1. The molecule has 0 aliphatic carbocycles. The number of halogens is 3. The van der Waals surface area contributed by atoms with E-state index in [4.69, 9.17) is 0 Å². The lowest BCUT2D eigenvalue weighted by Gasteiger charge is -2.12. The van der Waals surface area contributed by atoms with Gasteiger partial charge in [0.25, 0.3) is 0 Å². The number of aromatic amines is 1. The zero-order valence-electron chi connectivity index (χ0n) is 14.2. The topological polar surface area (TPSA) is 70.7 Å². The summed E-state index contributed by atoms with van der Waals surface area (Å²) in [6.07, 6.45) is -4.10. The van der Waals surface area contributed by atoms with Gasteiger partial charge in [-0.3, -0.25) is 9.89 Å². The third kappa shape index (κ3) is 4.60. The summed E-state index contributed by atoms with van der Waals surface area (Å²) in [5.41, 5.74) is -0.127. The van der Waals surface area contributed by atoms with E-state index >= 15 is 0 Å². The number of allylic oxidation sites excluding steroid dienone is 1. The maximum atomic E-state index is 13.3. The smallest absolute Gasteiger partial charge is 0.322 e. The quantitative estimate of drug-likeness (QED) is 0.669. The van der Waals surface area contributed by atoms with E-state index in [9.17, 15) is 18.0 Å². The molecule has 0 radical (unpaired) electrons. The molecule has 0 spiro atoms. The normalized spacial score (nSPS) is 12.1. The largest absolute Gasteiger partial charge is 0.417 e. The Hall–Kier alpha value is -3.42. The van der Waals surface area contributed by atoms with E-state index in [0.29, 0.717) is 29.0 Å². The van der Waals surface area contributed by atoms with Crippen LogP contribution in [0.1, 0.15) is 11.4 Å². The third-order valence-corrected chi connectivity index (χ3v) is 3.65. The van der Waals surface area contributed by atoms with E-state index in [1.807, 2.05) is 0 Å². The molecule has 1 aromatic heterocycles. The molecule has 0 aliphatic heterocycles. The first-order valence-electron chi connectivity index (χ1n) is 7.97. The summed E-state index contributed by atoms with van der Waals surface area (Å²) in [5, 5.41) is 9.17. The monoisotopic (exact) mass is 372 g/mol. The average Bonchev–Trinajstić information content (AvgIpc) is 3.06. The molecule has 8 heteroatoms. The van der Waals surface area contributed by atoms with Gasteiger partial charge in [0.05, 0.1) is 5.57 Å².